The molecule has 2 aromatic rings. The number of anilines is 2. The molecule has 0 aliphatic carbocycles. The molecule has 2 saturated heterocycles. The number of piperidine rings is 2. The Morgan fingerprint density at radius 2 is 2.00 bits per heavy atom. The van der Waals surface area contributed by atoms with Gasteiger partial charge in [-0.05, 0) is 43.7 Å². The minimum absolute atomic E-state index is 0.0586. The molecule has 0 bridgehead atoms. The Labute approximate surface area is 175 Å². The molecule has 0 spiro atoms. The number of aromatic nitrogens is 2. The van der Waals surface area contributed by atoms with Gasteiger partial charge in [-0.15, -0.1) is 10.2 Å². The first-order valence-corrected chi connectivity index (χ1v) is 11.1. The first kappa shape index (κ1) is 19.8. The van der Waals surface area contributed by atoms with Crippen molar-refractivity contribution in [2.45, 2.75) is 45.6 Å². The minimum atomic E-state index is -0.0586. The van der Waals surface area contributed by atoms with Gasteiger partial charge in [0.2, 0.25) is 22.1 Å². The molecule has 8 heteroatoms. The monoisotopic (exact) mass is 413 g/mol. The number of carbonyl (C=O) groups is 2. The Balaban J connectivity index is 1.36. The largest absolute Gasteiger partial charge is 0.352 e. The van der Waals surface area contributed by atoms with Gasteiger partial charge in [-0.3, -0.25) is 14.5 Å². The van der Waals surface area contributed by atoms with Gasteiger partial charge in [-0.1, -0.05) is 35.6 Å². The molecule has 3 heterocycles. The molecule has 2 aliphatic rings. The zero-order chi connectivity index (χ0) is 20.2. The van der Waals surface area contributed by atoms with Crippen LogP contribution in [0, 0.1) is 12.8 Å². The quantitative estimate of drug-likeness (QED) is 0.815. The number of nitrogens with one attached hydrogen (secondary N) is 1. The fourth-order valence-corrected chi connectivity index (χ4v) is 4.88. The number of hydrogen-bond acceptors (Lipinski definition) is 6. The number of hydrogen-bond donors (Lipinski definition) is 1. The van der Waals surface area contributed by atoms with Crippen molar-refractivity contribution in [2.75, 3.05) is 29.4 Å². The third-order valence-corrected chi connectivity index (χ3v) is 6.74. The predicted octanol–water partition coefficient (Wildman–Crippen LogP) is 2.90. The first-order chi connectivity index (χ1) is 14.1. The molecule has 29 heavy (non-hydrogen) atoms. The summed E-state index contributed by atoms with van der Waals surface area (Å²) in [6.07, 6.45) is 4.37. The van der Waals surface area contributed by atoms with Gasteiger partial charge in [0.1, 0.15) is 0 Å². The molecule has 1 aromatic heterocycles. The van der Waals surface area contributed by atoms with Crippen LogP contribution in [0.25, 0.3) is 0 Å². The number of nitrogens with zero attached hydrogens (tertiary/aromatic N) is 4. The summed E-state index contributed by atoms with van der Waals surface area (Å²) in [6.45, 7) is 4.84. The molecule has 154 valence electrons. The molecule has 2 amide bonds. The summed E-state index contributed by atoms with van der Waals surface area (Å²) < 4.78 is 0. The summed E-state index contributed by atoms with van der Waals surface area (Å²) in [5, 5.41) is 13.1. The van der Waals surface area contributed by atoms with E-state index in [2.05, 4.69) is 33.4 Å². The molecule has 7 nitrogen and oxygen atoms in total. The Kier molecular flexibility index (Phi) is 6.08. The smallest absolute Gasteiger partial charge is 0.228 e. The second-order valence-corrected chi connectivity index (χ2v) is 8.73. The van der Waals surface area contributed by atoms with Crippen molar-refractivity contribution < 1.29 is 9.59 Å². The van der Waals surface area contributed by atoms with Gasteiger partial charge in [0.05, 0.1) is 5.92 Å². The van der Waals surface area contributed by atoms with Crippen molar-refractivity contribution in [1.82, 2.24) is 15.5 Å². The summed E-state index contributed by atoms with van der Waals surface area (Å²) in [7, 11) is 0. The van der Waals surface area contributed by atoms with Gasteiger partial charge in [0.25, 0.3) is 0 Å². The van der Waals surface area contributed by atoms with E-state index >= 15 is 0 Å². The number of amides is 2. The van der Waals surface area contributed by atoms with Crippen molar-refractivity contribution in [1.29, 1.82) is 0 Å². The highest BCUT2D eigenvalue weighted by atomic mass is 32.1. The number of aryl methyl sites for hydroxylation is 1. The van der Waals surface area contributed by atoms with Crippen LogP contribution in [0.3, 0.4) is 0 Å². The van der Waals surface area contributed by atoms with Crippen molar-refractivity contribution in [3.63, 3.8) is 0 Å². The molecule has 2 aliphatic heterocycles. The Morgan fingerprint density at radius 1 is 1.17 bits per heavy atom. The zero-order valence-electron chi connectivity index (χ0n) is 16.8. The van der Waals surface area contributed by atoms with E-state index < -0.39 is 0 Å². The lowest BCUT2D eigenvalue weighted by atomic mass is 9.97. The molecule has 4 rings (SSSR count). The Morgan fingerprint density at radius 3 is 2.83 bits per heavy atom. The van der Waals surface area contributed by atoms with Gasteiger partial charge in [0.15, 0.2) is 0 Å². The van der Waals surface area contributed by atoms with Gasteiger partial charge in [-0.2, -0.15) is 0 Å². The number of carbonyl (C=O) groups excluding carboxylic acids is 2. The van der Waals surface area contributed by atoms with E-state index in [0.29, 0.717) is 24.6 Å². The minimum Gasteiger partial charge on any atom is -0.352 e. The molecule has 1 N–H and O–H groups in total. The fourth-order valence-electron chi connectivity index (χ4n) is 3.95. The van der Waals surface area contributed by atoms with Crippen LogP contribution in [0.1, 0.15) is 43.2 Å². The van der Waals surface area contributed by atoms with Crippen LogP contribution in [0.5, 0.6) is 0 Å². The van der Waals surface area contributed by atoms with Crippen molar-refractivity contribution in [2.24, 2.45) is 5.92 Å². The summed E-state index contributed by atoms with van der Waals surface area (Å²) in [4.78, 5) is 28.8. The van der Waals surface area contributed by atoms with Crippen LogP contribution in [0.2, 0.25) is 0 Å². The van der Waals surface area contributed by atoms with Crippen LogP contribution in [-0.2, 0) is 16.1 Å². The van der Waals surface area contributed by atoms with E-state index in [1.54, 1.807) is 4.90 Å². The second-order valence-electron chi connectivity index (χ2n) is 7.80. The van der Waals surface area contributed by atoms with Crippen molar-refractivity contribution in [3.8, 4) is 0 Å². The molecular formula is C21H27N5O2S. The maximum Gasteiger partial charge on any atom is 0.228 e. The Hall–Kier alpha value is -2.48. The molecule has 0 radical (unpaired) electrons. The van der Waals surface area contributed by atoms with E-state index in [1.165, 1.54) is 16.9 Å². The molecule has 2 fully saturated rings. The second kappa shape index (κ2) is 8.90. The summed E-state index contributed by atoms with van der Waals surface area (Å²) in [5.74, 6) is 0.164. The van der Waals surface area contributed by atoms with Crippen molar-refractivity contribution in [3.05, 3.63) is 35.4 Å². The van der Waals surface area contributed by atoms with E-state index in [-0.39, 0.29) is 17.7 Å². The Bertz CT molecular complexity index is 883. The molecule has 1 aromatic carbocycles. The zero-order valence-corrected chi connectivity index (χ0v) is 17.6. The van der Waals surface area contributed by atoms with Gasteiger partial charge in [-0.25, -0.2) is 0 Å². The standard InChI is InChI=1S/C21H27N5O2S/c1-15-7-2-3-8-16(15)13-22-19(28)17-9-6-11-25(14-17)20-23-24-21(29-20)26-12-5-4-10-18(26)27/h2-3,7-8,17H,4-6,9-14H2,1H3,(H,22,28). The van der Waals surface area contributed by atoms with Gasteiger partial charge < -0.3 is 10.2 Å². The molecule has 1 unspecified atom stereocenters. The van der Waals surface area contributed by atoms with Crippen LogP contribution < -0.4 is 15.1 Å². The van der Waals surface area contributed by atoms with Gasteiger partial charge in [0, 0.05) is 32.6 Å². The summed E-state index contributed by atoms with van der Waals surface area (Å²) in [5.41, 5.74) is 2.33. The first-order valence-electron chi connectivity index (χ1n) is 10.3. The summed E-state index contributed by atoms with van der Waals surface area (Å²) >= 11 is 1.45. The average molecular weight is 414 g/mol. The molecular weight excluding hydrogens is 386 g/mol. The maximum absolute atomic E-state index is 12.7. The van der Waals surface area contributed by atoms with Crippen LogP contribution in [-0.4, -0.2) is 41.6 Å². The predicted molar refractivity (Wildman–Crippen MR) is 114 cm³/mol. The van der Waals surface area contributed by atoms with Gasteiger partial charge >= 0.3 is 0 Å². The highest BCUT2D eigenvalue weighted by Crippen LogP contribution is 2.32. The average Bonchev–Trinajstić information content (AvgIpc) is 3.23. The maximum atomic E-state index is 12.7. The van der Waals surface area contributed by atoms with E-state index in [1.807, 2.05) is 18.2 Å². The lowest BCUT2D eigenvalue weighted by Crippen LogP contribution is -2.43. The topological polar surface area (TPSA) is 78.4 Å². The van der Waals surface area contributed by atoms with Crippen LogP contribution >= 0.6 is 11.3 Å². The lowest BCUT2D eigenvalue weighted by Gasteiger charge is -2.31. The summed E-state index contributed by atoms with van der Waals surface area (Å²) in [6, 6.07) is 8.11. The van der Waals surface area contributed by atoms with E-state index in [4.69, 9.17) is 0 Å². The van der Waals surface area contributed by atoms with E-state index in [0.717, 1.165) is 49.5 Å². The number of rotatable bonds is 5. The fraction of sp³-hybridized carbons (Fsp3) is 0.524. The van der Waals surface area contributed by atoms with E-state index in [9.17, 15) is 9.59 Å². The number of benzene rings is 1. The van der Waals surface area contributed by atoms with Crippen molar-refractivity contribution >= 4 is 33.4 Å². The molecule has 0 saturated carbocycles. The third-order valence-electron chi connectivity index (χ3n) is 5.74. The lowest BCUT2D eigenvalue weighted by molar-refractivity contribution is -0.125. The normalized spacial score (nSPS) is 20.0. The SMILES string of the molecule is Cc1ccccc1CNC(=O)C1CCCN(c2nnc(N3CCCCC3=O)s2)C1. The van der Waals surface area contributed by atoms with Crippen LogP contribution in [0.15, 0.2) is 24.3 Å². The third kappa shape index (κ3) is 4.58. The highest BCUT2D eigenvalue weighted by molar-refractivity contribution is 7.19. The van der Waals surface area contributed by atoms with Crippen LogP contribution in [0.4, 0.5) is 10.3 Å². The highest BCUT2D eigenvalue weighted by Gasteiger charge is 2.29. The molecule has 1 atom stereocenters.